The van der Waals surface area contributed by atoms with Crippen molar-refractivity contribution in [3.63, 3.8) is 0 Å². The summed E-state index contributed by atoms with van der Waals surface area (Å²) >= 11 is 0. The highest BCUT2D eigenvalue weighted by Gasteiger charge is 2.15. The van der Waals surface area contributed by atoms with Crippen LogP contribution in [-0.2, 0) is 11.2 Å². The molecule has 2 heterocycles. The van der Waals surface area contributed by atoms with E-state index in [0.29, 0.717) is 35.8 Å². The van der Waals surface area contributed by atoms with Crippen LogP contribution in [0.4, 0.5) is 0 Å². The number of methoxy groups -OCH3 is 1. The molecular formula is C21H28N2O4. The molecule has 6 nitrogen and oxygen atoms in total. The first-order chi connectivity index (χ1) is 13.1. The predicted octanol–water partition coefficient (Wildman–Crippen LogP) is 2.55. The molecule has 1 saturated heterocycles. The van der Waals surface area contributed by atoms with Crippen LogP contribution in [0.15, 0.2) is 27.4 Å². The molecule has 0 spiro atoms. The molecular weight excluding hydrogens is 344 g/mol. The normalized spacial score (nSPS) is 17.0. The highest BCUT2D eigenvalue weighted by Crippen LogP contribution is 2.24. The molecule has 0 radical (unpaired) electrons. The van der Waals surface area contributed by atoms with E-state index in [2.05, 4.69) is 10.6 Å². The standard InChI is InChI=1S/C21H28N2O4/c1-14-17-6-5-16(26-2)12-19(17)27-21(25)18(14)7-8-20(24)23-11-9-15-4-3-10-22-13-15/h5-6,12,15,22H,3-4,7-11,13H2,1-2H3,(H,23,24). The van der Waals surface area contributed by atoms with E-state index in [1.807, 2.05) is 19.1 Å². The van der Waals surface area contributed by atoms with E-state index >= 15 is 0 Å². The van der Waals surface area contributed by atoms with E-state index in [9.17, 15) is 9.59 Å². The van der Waals surface area contributed by atoms with E-state index in [4.69, 9.17) is 9.15 Å². The minimum atomic E-state index is -0.380. The lowest BCUT2D eigenvalue weighted by Crippen LogP contribution is -2.33. The summed E-state index contributed by atoms with van der Waals surface area (Å²) in [5.41, 5.74) is 1.56. The minimum absolute atomic E-state index is 0.0209. The minimum Gasteiger partial charge on any atom is -0.497 e. The average Bonchev–Trinajstić information content (AvgIpc) is 2.68. The number of piperidine rings is 1. The molecule has 146 valence electrons. The van der Waals surface area contributed by atoms with Crippen LogP contribution in [0.25, 0.3) is 11.0 Å². The second-order valence-electron chi connectivity index (χ2n) is 7.21. The van der Waals surface area contributed by atoms with Gasteiger partial charge in [0.2, 0.25) is 5.91 Å². The summed E-state index contributed by atoms with van der Waals surface area (Å²) in [6, 6.07) is 5.43. The molecule has 1 fully saturated rings. The Kier molecular flexibility index (Phi) is 6.50. The van der Waals surface area contributed by atoms with Gasteiger partial charge in [0.15, 0.2) is 0 Å². The zero-order valence-corrected chi connectivity index (χ0v) is 16.1. The number of aryl methyl sites for hydroxylation is 1. The van der Waals surface area contributed by atoms with E-state index < -0.39 is 0 Å². The van der Waals surface area contributed by atoms with Crippen LogP contribution in [-0.4, -0.2) is 32.7 Å². The number of fused-ring (bicyclic) bond motifs is 1. The second kappa shape index (κ2) is 9.04. The summed E-state index contributed by atoms with van der Waals surface area (Å²) in [7, 11) is 1.57. The van der Waals surface area contributed by atoms with Crippen LogP contribution in [0.3, 0.4) is 0 Å². The molecule has 0 saturated carbocycles. The Labute approximate surface area is 159 Å². The second-order valence-corrected chi connectivity index (χ2v) is 7.21. The number of ether oxygens (including phenoxy) is 1. The summed E-state index contributed by atoms with van der Waals surface area (Å²) in [6.07, 6.45) is 4.10. The van der Waals surface area contributed by atoms with E-state index in [0.717, 1.165) is 30.5 Å². The Hall–Kier alpha value is -2.34. The number of benzene rings is 1. The van der Waals surface area contributed by atoms with Gasteiger partial charge in [-0.2, -0.15) is 0 Å². The Morgan fingerprint density at radius 2 is 2.26 bits per heavy atom. The van der Waals surface area contributed by atoms with Crippen molar-refractivity contribution in [1.29, 1.82) is 0 Å². The third-order valence-electron chi connectivity index (χ3n) is 5.37. The topological polar surface area (TPSA) is 80.6 Å². The van der Waals surface area contributed by atoms with Gasteiger partial charge >= 0.3 is 5.63 Å². The molecule has 6 heteroatoms. The number of carbonyl (C=O) groups is 1. The fourth-order valence-electron chi connectivity index (χ4n) is 3.70. The number of amides is 1. The van der Waals surface area contributed by atoms with Gasteiger partial charge in [-0.25, -0.2) is 4.79 Å². The number of hydrogen-bond donors (Lipinski definition) is 2. The Bertz CT molecular complexity index is 853. The molecule has 1 unspecified atom stereocenters. The van der Waals surface area contributed by atoms with Gasteiger partial charge in [0.05, 0.1) is 7.11 Å². The molecule has 1 aliphatic rings. The third-order valence-corrected chi connectivity index (χ3v) is 5.37. The van der Waals surface area contributed by atoms with Gasteiger partial charge in [-0.1, -0.05) is 0 Å². The molecule has 1 aromatic carbocycles. The van der Waals surface area contributed by atoms with Gasteiger partial charge in [0.1, 0.15) is 11.3 Å². The van der Waals surface area contributed by atoms with Crippen molar-refractivity contribution in [1.82, 2.24) is 10.6 Å². The van der Waals surface area contributed by atoms with E-state index in [1.54, 1.807) is 13.2 Å². The third kappa shape index (κ3) is 4.89. The molecule has 27 heavy (non-hydrogen) atoms. The lowest BCUT2D eigenvalue weighted by atomic mass is 9.96. The summed E-state index contributed by atoms with van der Waals surface area (Å²) in [5.74, 6) is 1.27. The molecule has 2 N–H and O–H groups in total. The molecule has 3 rings (SSSR count). The van der Waals surface area contributed by atoms with Gasteiger partial charge in [0.25, 0.3) is 0 Å². The van der Waals surface area contributed by atoms with Crippen LogP contribution in [0, 0.1) is 12.8 Å². The van der Waals surface area contributed by atoms with Gasteiger partial charge < -0.3 is 19.8 Å². The van der Waals surface area contributed by atoms with Crippen molar-refractivity contribution >= 4 is 16.9 Å². The SMILES string of the molecule is COc1ccc2c(C)c(CCC(=O)NCCC3CCCNC3)c(=O)oc2c1. The van der Waals surface area contributed by atoms with Crippen molar-refractivity contribution in [2.75, 3.05) is 26.7 Å². The predicted molar refractivity (Wildman–Crippen MR) is 105 cm³/mol. The Morgan fingerprint density at radius 3 is 3.00 bits per heavy atom. The zero-order chi connectivity index (χ0) is 19.2. The lowest BCUT2D eigenvalue weighted by molar-refractivity contribution is -0.121. The highest BCUT2D eigenvalue weighted by molar-refractivity contribution is 5.82. The molecule has 2 aromatic rings. The van der Waals surface area contributed by atoms with Gasteiger partial charge in [-0.05, 0) is 69.3 Å². The van der Waals surface area contributed by atoms with Gasteiger partial charge in [0, 0.05) is 30.0 Å². The van der Waals surface area contributed by atoms with Crippen molar-refractivity contribution < 1.29 is 13.9 Å². The highest BCUT2D eigenvalue weighted by atomic mass is 16.5. The number of hydrogen-bond acceptors (Lipinski definition) is 5. The molecule has 1 amide bonds. The van der Waals surface area contributed by atoms with Crippen LogP contribution in [0.1, 0.15) is 36.8 Å². The average molecular weight is 372 g/mol. The van der Waals surface area contributed by atoms with Crippen molar-refractivity contribution in [3.05, 3.63) is 39.7 Å². The van der Waals surface area contributed by atoms with Crippen molar-refractivity contribution in [2.45, 2.75) is 39.0 Å². The van der Waals surface area contributed by atoms with Crippen molar-refractivity contribution in [2.24, 2.45) is 5.92 Å². The largest absolute Gasteiger partial charge is 0.497 e. The molecule has 1 atom stereocenters. The van der Waals surface area contributed by atoms with E-state index in [1.165, 1.54) is 12.8 Å². The molecule has 0 aliphatic carbocycles. The Balaban J connectivity index is 1.57. The first-order valence-corrected chi connectivity index (χ1v) is 9.66. The van der Waals surface area contributed by atoms with Crippen LogP contribution in [0.5, 0.6) is 5.75 Å². The summed E-state index contributed by atoms with van der Waals surface area (Å²) in [5, 5.41) is 7.23. The van der Waals surface area contributed by atoms with Crippen LogP contribution < -0.4 is 21.0 Å². The van der Waals surface area contributed by atoms with Crippen molar-refractivity contribution in [3.8, 4) is 5.75 Å². The number of nitrogens with one attached hydrogen (secondary N) is 2. The smallest absolute Gasteiger partial charge is 0.339 e. The zero-order valence-electron chi connectivity index (χ0n) is 16.1. The van der Waals surface area contributed by atoms with E-state index in [-0.39, 0.29) is 18.0 Å². The monoisotopic (exact) mass is 372 g/mol. The molecule has 0 bridgehead atoms. The maximum atomic E-state index is 12.3. The fraction of sp³-hybridized carbons (Fsp3) is 0.524. The summed E-state index contributed by atoms with van der Waals surface area (Å²) in [4.78, 5) is 24.5. The fourth-order valence-corrected chi connectivity index (χ4v) is 3.70. The summed E-state index contributed by atoms with van der Waals surface area (Å²) < 4.78 is 10.6. The first kappa shape index (κ1) is 19.4. The number of carbonyl (C=O) groups excluding carboxylic acids is 1. The summed E-state index contributed by atoms with van der Waals surface area (Å²) in [6.45, 7) is 4.73. The number of rotatable bonds is 7. The van der Waals surface area contributed by atoms with Gasteiger partial charge in [-0.15, -0.1) is 0 Å². The van der Waals surface area contributed by atoms with Crippen LogP contribution >= 0.6 is 0 Å². The maximum Gasteiger partial charge on any atom is 0.339 e. The first-order valence-electron chi connectivity index (χ1n) is 9.66. The van der Waals surface area contributed by atoms with Gasteiger partial charge in [-0.3, -0.25) is 4.79 Å². The maximum absolute atomic E-state index is 12.3. The molecule has 1 aromatic heterocycles. The lowest BCUT2D eigenvalue weighted by Gasteiger charge is -2.22. The molecule has 1 aliphatic heterocycles. The Morgan fingerprint density at radius 1 is 1.41 bits per heavy atom. The quantitative estimate of drug-likeness (QED) is 0.730. The van der Waals surface area contributed by atoms with Crippen LogP contribution in [0.2, 0.25) is 0 Å².